The fourth-order valence-electron chi connectivity index (χ4n) is 2.09. The maximum absolute atomic E-state index is 13.8. The summed E-state index contributed by atoms with van der Waals surface area (Å²) in [7, 11) is 0. The molecule has 112 valence electrons. The first kappa shape index (κ1) is 15.2. The third kappa shape index (κ3) is 3.48. The van der Waals surface area contributed by atoms with Gasteiger partial charge in [-0.05, 0) is 18.9 Å². The van der Waals surface area contributed by atoms with E-state index in [0.717, 1.165) is 18.4 Å². The molecule has 2 aromatic rings. The molecule has 1 atom stereocenters. The van der Waals surface area contributed by atoms with Crippen LogP contribution in [0.25, 0.3) is 0 Å². The Morgan fingerprint density at radius 2 is 2.10 bits per heavy atom. The van der Waals surface area contributed by atoms with Gasteiger partial charge in [0.15, 0.2) is 5.69 Å². The zero-order valence-electron chi connectivity index (χ0n) is 12.3. The summed E-state index contributed by atoms with van der Waals surface area (Å²) in [5.74, 6) is -1.46. The van der Waals surface area contributed by atoms with Gasteiger partial charge in [0.2, 0.25) is 5.95 Å². The van der Waals surface area contributed by atoms with E-state index in [-0.39, 0.29) is 11.7 Å². The first-order valence-corrected chi connectivity index (χ1v) is 7.09. The van der Waals surface area contributed by atoms with Gasteiger partial charge in [0.05, 0.1) is 19.0 Å². The largest absolute Gasteiger partial charge is 0.461 e. The van der Waals surface area contributed by atoms with Crippen molar-refractivity contribution in [3.05, 3.63) is 53.9 Å². The molecule has 0 aliphatic rings. The Bertz CT molecular complexity index is 596. The van der Waals surface area contributed by atoms with Crippen LogP contribution in [0.3, 0.4) is 0 Å². The van der Waals surface area contributed by atoms with Crippen molar-refractivity contribution in [2.45, 2.75) is 32.7 Å². The second kappa shape index (κ2) is 7.02. The number of hydrogen-bond acceptors (Lipinski definition) is 3. The Kier molecular flexibility index (Phi) is 5.09. The summed E-state index contributed by atoms with van der Waals surface area (Å²) < 4.78 is 20.4. The summed E-state index contributed by atoms with van der Waals surface area (Å²) >= 11 is 0. The number of benzene rings is 1. The van der Waals surface area contributed by atoms with Gasteiger partial charge in [0, 0.05) is 0 Å². The van der Waals surface area contributed by atoms with Crippen LogP contribution in [0.15, 0.2) is 36.7 Å². The Morgan fingerprint density at radius 3 is 2.76 bits per heavy atom. The molecule has 0 amide bonds. The second-order valence-electron chi connectivity index (χ2n) is 4.87. The third-order valence-electron chi connectivity index (χ3n) is 3.37. The lowest BCUT2D eigenvalue weighted by Crippen LogP contribution is -2.17. The Labute approximate surface area is 123 Å². The number of unbranched alkanes of at least 4 members (excludes halogenated alkanes) is 1. The topological polar surface area (TPSA) is 44.1 Å². The monoisotopic (exact) mass is 290 g/mol. The van der Waals surface area contributed by atoms with Gasteiger partial charge in [0.1, 0.15) is 0 Å². The molecule has 0 bridgehead atoms. The van der Waals surface area contributed by atoms with E-state index in [1.165, 1.54) is 10.9 Å². The van der Waals surface area contributed by atoms with Crippen molar-refractivity contribution in [2.75, 3.05) is 6.61 Å². The number of nitrogens with zero attached hydrogens (tertiary/aromatic N) is 2. The van der Waals surface area contributed by atoms with Crippen molar-refractivity contribution in [2.24, 2.45) is 0 Å². The van der Waals surface area contributed by atoms with Crippen molar-refractivity contribution in [3.8, 4) is 0 Å². The average molecular weight is 290 g/mol. The quantitative estimate of drug-likeness (QED) is 0.603. The van der Waals surface area contributed by atoms with Gasteiger partial charge in [-0.25, -0.2) is 9.78 Å². The van der Waals surface area contributed by atoms with Gasteiger partial charge >= 0.3 is 5.97 Å². The molecule has 1 aromatic carbocycles. The molecule has 5 heteroatoms. The van der Waals surface area contributed by atoms with Crippen LogP contribution in [0.5, 0.6) is 0 Å². The highest BCUT2D eigenvalue weighted by Crippen LogP contribution is 2.21. The molecular weight excluding hydrogens is 271 g/mol. The lowest BCUT2D eigenvalue weighted by atomic mass is 10.1. The number of aromatic nitrogens is 2. The van der Waals surface area contributed by atoms with Crippen LogP contribution in [0.1, 0.15) is 48.8 Å². The summed E-state index contributed by atoms with van der Waals surface area (Å²) in [5.41, 5.74) is 0.847. The van der Waals surface area contributed by atoms with E-state index < -0.39 is 11.9 Å². The minimum Gasteiger partial charge on any atom is -0.461 e. The number of ether oxygens (including phenoxy) is 1. The van der Waals surface area contributed by atoms with E-state index in [2.05, 4.69) is 4.98 Å². The average Bonchev–Trinajstić information content (AvgIpc) is 2.89. The smallest absolute Gasteiger partial charge is 0.359 e. The molecule has 0 unspecified atom stereocenters. The minimum absolute atomic E-state index is 0.123. The molecule has 0 aliphatic heterocycles. The van der Waals surface area contributed by atoms with Crippen molar-refractivity contribution >= 4 is 5.97 Å². The molecular formula is C16H19FN2O2. The molecule has 0 radical (unpaired) electrons. The molecule has 0 saturated carbocycles. The molecule has 0 spiro atoms. The normalized spacial score (nSPS) is 12.1. The van der Waals surface area contributed by atoms with Crippen LogP contribution in [-0.2, 0) is 4.74 Å². The predicted molar refractivity (Wildman–Crippen MR) is 77.6 cm³/mol. The number of rotatable bonds is 6. The molecule has 21 heavy (non-hydrogen) atoms. The standard InChI is InChI=1S/C16H19FN2O2/c1-3-4-10-21-16(20)14-15(17)18-11-19(14)12(2)13-8-6-5-7-9-13/h5-9,11-12H,3-4,10H2,1-2H3/t12-/m1/s1. The molecule has 1 aromatic heterocycles. The number of hydrogen-bond donors (Lipinski definition) is 0. The van der Waals surface area contributed by atoms with Crippen LogP contribution in [0.2, 0.25) is 0 Å². The highest BCUT2D eigenvalue weighted by atomic mass is 19.1. The van der Waals surface area contributed by atoms with Crippen LogP contribution < -0.4 is 0 Å². The number of halogens is 1. The van der Waals surface area contributed by atoms with E-state index in [9.17, 15) is 9.18 Å². The van der Waals surface area contributed by atoms with Crippen LogP contribution in [0.4, 0.5) is 4.39 Å². The lowest BCUT2D eigenvalue weighted by molar-refractivity contribution is 0.0480. The maximum Gasteiger partial charge on any atom is 0.359 e. The van der Waals surface area contributed by atoms with Crippen LogP contribution in [-0.4, -0.2) is 22.1 Å². The number of esters is 1. The second-order valence-corrected chi connectivity index (χ2v) is 4.87. The maximum atomic E-state index is 13.8. The fourth-order valence-corrected chi connectivity index (χ4v) is 2.09. The molecule has 2 rings (SSSR count). The van der Waals surface area contributed by atoms with Crippen molar-refractivity contribution < 1.29 is 13.9 Å². The lowest BCUT2D eigenvalue weighted by Gasteiger charge is -2.16. The zero-order valence-corrected chi connectivity index (χ0v) is 12.3. The summed E-state index contributed by atoms with van der Waals surface area (Å²) in [6.07, 6.45) is 3.01. The minimum atomic E-state index is -0.792. The van der Waals surface area contributed by atoms with E-state index in [0.29, 0.717) is 6.61 Å². The summed E-state index contributed by atoms with van der Waals surface area (Å²) in [5, 5.41) is 0. The third-order valence-corrected chi connectivity index (χ3v) is 3.37. The van der Waals surface area contributed by atoms with E-state index in [1.807, 2.05) is 44.2 Å². The SMILES string of the molecule is CCCCOC(=O)c1c(F)ncn1[C@H](C)c1ccccc1. The van der Waals surface area contributed by atoms with Gasteiger partial charge in [-0.2, -0.15) is 4.39 Å². The number of carbonyl (C=O) groups is 1. The summed E-state index contributed by atoms with van der Waals surface area (Å²) in [6, 6.07) is 9.36. The van der Waals surface area contributed by atoms with Crippen molar-refractivity contribution in [1.29, 1.82) is 0 Å². The van der Waals surface area contributed by atoms with Crippen LogP contribution in [0, 0.1) is 5.95 Å². The molecule has 0 saturated heterocycles. The molecule has 1 heterocycles. The van der Waals surface area contributed by atoms with Gasteiger partial charge in [-0.15, -0.1) is 0 Å². The highest BCUT2D eigenvalue weighted by Gasteiger charge is 2.23. The van der Waals surface area contributed by atoms with Gasteiger partial charge in [-0.3, -0.25) is 0 Å². The highest BCUT2D eigenvalue weighted by molar-refractivity contribution is 5.87. The summed E-state index contributed by atoms with van der Waals surface area (Å²) in [6.45, 7) is 4.18. The number of carbonyl (C=O) groups excluding carboxylic acids is 1. The van der Waals surface area contributed by atoms with E-state index in [1.54, 1.807) is 0 Å². The molecule has 4 nitrogen and oxygen atoms in total. The number of imidazole rings is 1. The van der Waals surface area contributed by atoms with E-state index >= 15 is 0 Å². The summed E-state index contributed by atoms with van der Waals surface area (Å²) in [4.78, 5) is 15.6. The Morgan fingerprint density at radius 1 is 1.38 bits per heavy atom. The molecule has 0 N–H and O–H groups in total. The molecule has 0 aliphatic carbocycles. The first-order valence-electron chi connectivity index (χ1n) is 7.09. The van der Waals surface area contributed by atoms with E-state index in [4.69, 9.17) is 4.74 Å². The van der Waals surface area contributed by atoms with Gasteiger partial charge in [-0.1, -0.05) is 43.7 Å². The Balaban J connectivity index is 2.23. The van der Waals surface area contributed by atoms with Gasteiger partial charge in [0.25, 0.3) is 0 Å². The fraction of sp³-hybridized carbons (Fsp3) is 0.375. The zero-order chi connectivity index (χ0) is 15.2. The van der Waals surface area contributed by atoms with Gasteiger partial charge < -0.3 is 9.30 Å². The van der Waals surface area contributed by atoms with Crippen LogP contribution >= 0.6 is 0 Å². The first-order chi connectivity index (χ1) is 10.1. The molecule has 0 fully saturated rings. The predicted octanol–water partition coefficient (Wildman–Crippen LogP) is 3.59. The Hall–Kier alpha value is -2.17. The van der Waals surface area contributed by atoms with Crippen molar-refractivity contribution in [3.63, 3.8) is 0 Å². The van der Waals surface area contributed by atoms with Crippen molar-refractivity contribution in [1.82, 2.24) is 9.55 Å².